The van der Waals surface area contributed by atoms with Gasteiger partial charge in [0.15, 0.2) is 0 Å². The Balaban J connectivity index is 1.71. The molecule has 1 saturated carbocycles. The van der Waals surface area contributed by atoms with E-state index < -0.39 is 0 Å². The molecule has 2 heterocycles. The minimum absolute atomic E-state index is 0.173. The first-order valence-electron chi connectivity index (χ1n) is 7.56. The van der Waals surface area contributed by atoms with Gasteiger partial charge >= 0.3 is 0 Å². The van der Waals surface area contributed by atoms with Gasteiger partial charge in [-0.1, -0.05) is 25.1 Å². The van der Waals surface area contributed by atoms with Gasteiger partial charge in [0.05, 0.1) is 6.04 Å². The van der Waals surface area contributed by atoms with E-state index in [1.165, 1.54) is 22.2 Å². The van der Waals surface area contributed by atoms with Gasteiger partial charge in [-0.05, 0) is 37.3 Å². The lowest BCUT2D eigenvalue weighted by molar-refractivity contribution is -0.135. The maximum absolute atomic E-state index is 12.5. The second-order valence-corrected chi connectivity index (χ2v) is 6.34. The molecule has 1 aromatic heterocycles. The van der Waals surface area contributed by atoms with Crippen LogP contribution in [-0.2, 0) is 11.2 Å². The quantitative estimate of drug-likeness (QED) is 0.846. The number of nitrogens with one attached hydrogen (secondary N) is 1. The summed E-state index contributed by atoms with van der Waals surface area (Å²) in [5.74, 6) is 1.22. The first-order valence-corrected chi connectivity index (χ1v) is 7.56. The van der Waals surface area contributed by atoms with E-state index in [-0.39, 0.29) is 12.0 Å². The molecule has 1 N–H and O–H groups in total. The number of carbonyl (C=O) groups is 1. The molecule has 4 rings (SSSR count). The minimum Gasteiger partial charge on any atom is -0.356 e. The molecule has 2 aromatic rings. The van der Waals surface area contributed by atoms with E-state index in [0.717, 1.165) is 19.4 Å². The van der Waals surface area contributed by atoms with Crippen LogP contribution in [0.4, 0.5) is 0 Å². The zero-order chi connectivity index (χ0) is 13.9. The third kappa shape index (κ3) is 1.62. The fourth-order valence-corrected chi connectivity index (χ4v) is 3.61. The molecule has 20 heavy (non-hydrogen) atoms. The van der Waals surface area contributed by atoms with Gasteiger partial charge in [-0.15, -0.1) is 0 Å². The number of H-pyrrole nitrogens is 1. The fourth-order valence-electron chi connectivity index (χ4n) is 3.61. The number of carbonyl (C=O) groups excluding carboxylic acids is 1. The Bertz CT molecular complexity index is 687. The van der Waals surface area contributed by atoms with Crippen LogP contribution in [0.25, 0.3) is 10.9 Å². The highest BCUT2D eigenvalue weighted by Gasteiger charge is 2.43. The SMILES string of the molecule is C[C@@H]1C[C@@H]1C(=O)N1CCc2c([nH]c3ccccc23)[C@@H]1C. The normalized spacial score (nSPS) is 28.5. The highest BCUT2D eigenvalue weighted by molar-refractivity contribution is 5.87. The number of nitrogens with zero attached hydrogens (tertiary/aromatic N) is 1. The predicted molar refractivity (Wildman–Crippen MR) is 79.4 cm³/mol. The molecular weight excluding hydrogens is 248 g/mol. The summed E-state index contributed by atoms with van der Waals surface area (Å²) in [6, 6.07) is 8.62. The number of hydrogen-bond donors (Lipinski definition) is 1. The molecule has 3 atom stereocenters. The van der Waals surface area contributed by atoms with Gasteiger partial charge in [0, 0.05) is 29.1 Å². The van der Waals surface area contributed by atoms with Crippen molar-refractivity contribution in [2.75, 3.05) is 6.54 Å². The predicted octanol–water partition coefficient (Wildman–Crippen LogP) is 3.27. The molecule has 3 nitrogen and oxygen atoms in total. The lowest BCUT2D eigenvalue weighted by Crippen LogP contribution is -2.39. The van der Waals surface area contributed by atoms with Gasteiger partial charge in [-0.2, -0.15) is 0 Å². The van der Waals surface area contributed by atoms with Gasteiger partial charge in [0.25, 0.3) is 0 Å². The Hall–Kier alpha value is -1.77. The van der Waals surface area contributed by atoms with Crippen molar-refractivity contribution in [3.8, 4) is 0 Å². The number of benzene rings is 1. The average molecular weight is 268 g/mol. The molecule has 0 radical (unpaired) electrons. The zero-order valence-corrected chi connectivity index (χ0v) is 12.0. The molecule has 0 saturated heterocycles. The summed E-state index contributed by atoms with van der Waals surface area (Å²) in [5, 5.41) is 1.32. The summed E-state index contributed by atoms with van der Waals surface area (Å²) in [6.07, 6.45) is 2.04. The number of hydrogen-bond acceptors (Lipinski definition) is 1. The Morgan fingerprint density at radius 1 is 1.30 bits per heavy atom. The van der Waals surface area contributed by atoms with E-state index in [0.29, 0.717) is 11.8 Å². The van der Waals surface area contributed by atoms with Crippen LogP contribution in [0.2, 0.25) is 0 Å². The largest absolute Gasteiger partial charge is 0.356 e. The monoisotopic (exact) mass is 268 g/mol. The maximum Gasteiger partial charge on any atom is 0.226 e. The van der Waals surface area contributed by atoms with Crippen molar-refractivity contribution in [1.29, 1.82) is 0 Å². The topological polar surface area (TPSA) is 36.1 Å². The van der Waals surface area contributed by atoms with Gasteiger partial charge in [-0.25, -0.2) is 0 Å². The molecule has 104 valence electrons. The van der Waals surface area contributed by atoms with Crippen molar-refractivity contribution in [3.63, 3.8) is 0 Å². The maximum atomic E-state index is 12.5. The third-order valence-corrected chi connectivity index (χ3v) is 5.04. The molecule has 1 aliphatic carbocycles. The van der Waals surface area contributed by atoms with Crippen LogP contribution < -0.4 is 0 Å². The number of fused-ring (bicyclic) bond motifs is 3. The summed E-state index contributed by atoms with van der Waals surface area (Å²) in [5.41, 5.74) is 3.83. The third-order valence-electron chi connectivity index (χ3n) is 5.04. The van der Waals surface area contributed by atoms with Crippen LogP contribution in [0.1, 0.15) is 37.6 Å². The second-order valence-electron chi connectivity index (χ2n) is 6.34. The first-order chi connectivity index (χ1) is 9.66. The van der Waals surface area contributed by atoms with E-state index in [1.54, 1.807) is 0 Å². The standard InChI is InChI=1S/C17H20N2O/c1-10-9-14(10)17(20)19-8-7-13-12-5-3-4-6-15(12)18-16(13)11(19)2/h3-6,10-11,14,18H,7-9H2,1-2H3/t10-,11+,14+/m1/s1. The Kier molecular flexibility index (Phi) is 2.47. The minimum atomic E-state index is 0.173. The van der Waals surface area contributed by atoms with Crippen LogP contribution in [-0.4, -0.2) is 22.3 Å². The van der Waals surface area contributed by atoms with Crippen molar-refractivity contribution in [2.45, 2.75) is 32.7 Å². The van der Waals surface area contributed by atoms with Crippen LogP contribution in [0.5, 0.6) is 0 Å². The number of aromatic nitrogens is 1. The first kappa shape index (κ1) is 12.0. The molecule has 1 aliphatic heterocycles. The van der Waals surface area contributed by atoms with Crippen molar-refractivity contribution in [1.82, 2.24) is 9.88 Å². The summed E-state index contributed by atoms with van der Waals surface area (Å²) in [4.78, 5) is 18.1. The van der Waals surface area contributed by atoms with Crippen molar-refractivity contribution in [3.05, 3.63) is 35.5 Å². The highest BCUT2D eigenvalue weighted by Crippen LogP contribution is 2.42. The number of para-hydroxylation sites is 1. The highest BCUT2D eigenvalue weighted by atomic mass is 16.2. The number of rotatable bonds is 1. The Labute approximate surface area is 119 Å². The molecule has 1 amide bonds. The molecule has 0 bridgehead atoms. The van der Waals surface area contributed by atoms with Crippen LogP contribution in [0, 0.1) is 11.8 Å². The van der Waals surface area contributed by atoms with E-state index in [1.807, 2.05) is 0 Å². The molecule has 1 aromatic carbocycles. The van der Waals surface area contributed by atoms with Crippen LogP contribution in [0.3, 0.4) is 0 Å². The summed E-state index contributed by atoms with van der Waals surface area (Å²) < 4.78 is 0. The van der Waals surface area contributed by atoms with E-state index >= 15 is 0 Å². The van der Waals surface area contributed by atoms with Crippen molar-refractivity contribution >= 4 is 16.8 Å². The second kappa shape index (κ2) is 4.11. The van der Waals surface area contributed by atoms with Crippen LogP contribution >= 0.6 is 0 Å². The molecule has 1 fully saturated rings. The Morgan fingerprint density at radius 3 is 2.80 bits per heavy atom. The molecule has 2 aliphatic rings. The van der Waals surface area contributed by atoms with Crippen LogP contribution in [0.15, 0.2) is 24.3 Å². The van der Waals surface area contributed by atoms with Crippen molar-refractivity contribution < 1.29 is 4.79 Å². The van der Waals surface area contributed by atoms with Gasteiger partial charge in [0.1, 0.15) is 0 Å². The molecule has 0 unspecified atom stereocenters. The summed E-state index contributed by atoms with van der Waals surface area (Å²) in [7, 11) is 0. The van der Waals surface area contributed by atoms with E-state index in [4.69, 9.17) is 0 Å². The molecule has 0 spiro atoms. The summed E-state index contributed by atoms with van der Waals surface area (Å²) >= 11 is 0. The van der Waals surface area contributed by atoms with Gasteiger partial charge in [-0.3, -0.25) is 4.79 Å². The van der Waals surface area contributed by atoms with E-state index in [9.17, 15) is 4.79 Å². The van der Waals surface area contributed by atoms with Gasteiger partial charge in [0.2, 0.25) is 5.91 Å². The lowest BCUT2D eigenvalue weighted by Gasteiger charge is -2.34. The van der Waals surface area contributed by atoms with E-state index in [2.05, 4.69) is 48.0 Å². The lowest BCUT2D eigenvalue weighted by atomic mass is 9.97. The Morgan fingerprint density at radius 2 is 2.05 bits per heavy atom. The molecular formula is C17H20N2O. The molecule has 3 heteroatoms. The fraction of sp³-hybridized carbons (Fsp3) is 0.471. The van der Waals surface area contributed by atoms with Crippen molar-refractivity contribution in [2.24, 2.45) is 11.8 Å². The summed E-state index contributed by atoms with van der Waals surface area (Å²) in [6.45, 7) is 5.18. The smallest absolute Gasteiger partial charge is 0.226 e. The number of amides is 1. The average Bonchev–Trinajstić information content (AvgIpc) is 3.06. The zero-order valence-electron chi connectivity index (χ0n) is 12.0. The number of aromatic amines is 1. The van der Waals surface area contributed by atoms with Gasteiger partial charge < -0.3 is 9.88 Å².